The van der Waals surface area contributed by atoms with E-state index in [2.05, 4.69) is 71.1 Å². The highest BCUT2D eigenvalue weighted by Gasteiger charge is 2.32. The maximum atomic E-state index is 12.4. The topological polar surface area (TPSA) is 166 Å². The van der Waals surface area contributed by atoms with Gasteiger partial charge in [-0.15, -0.1) is 0 Å². The van der Waals surface area contributed by atoms with E-state index in [-0.39, 0.29) is 18.8 Å². The number of halogens is 2. The largest absolute Gasteiger partial charge is 0.490 e. The van der Waals surface area contributed by atoms with Crippen LogP contribution in [0.3, 0.4) is 0 Å². The molecule has 0 spiro atoms. The SMILES string of the molecule is CCOc1cc([C@@H]2NC(=O)NC(C)=C2C(=O)OC)ccc1OC[C@H](O)N/N=C\c1cc(I)c(OCC(=O)OC)c(I)c1. The lowest BCUT2D eigenvalue weighted by Gasteiger charge is -2.28. The molecule has 4 N–H and O–H groups in total. The fourth-order valence-corrected chi connectivity index (χ4v) is 5.93. The van der Waals surface area contributed by atoms with Crippen molar-refractivity contribution in [2.24, 2.45) is 5.10 Å². The van der Waals surface area contributed by atoms with E-state index < -0.39 is 30.2 Å². The summed E-state index contributed by atoms with van der Waals surface area (Å²) in [5.41, 5.74) is 4.57. The third kappa shape index (κ3) is 8.84. The number of aliphatic hydroxyl groups is 1. The van der Waals surface area contributed by atoms with Crippen molar-refractivity contribution in [1.29, 1.82) is 0 Å². The molecule has 13 nitrogen and oxygen atoms in total. The molecule has 1 heterocycles. The van der Waals surface area contributed by atoms with E-state index in [4.69, 9.17) is 18.9 Å². The van der Waals surface area contributed by atoms with Gasteiger partial charge in [0.2, 0.25) is 0 Å². The van der Waals surface area contributed by atoms with Crippen molar-refractivity contribution in [3.63, 3.8) is 0 Å². The highest BCUT2D eigenvalue weighted by atomic mass is 127. The molecule has 0 saturated carbocycles. The van der Waals surface area contributed by atoms with E-state index >= 15 is 0 Å². The molecule has 1 aliphatic heterocycles. The van der Waals surface area contributed by atoms with E-state index in [1.54, 1.807) is 32.0 Å². The van der Waals surface area contributed by atoms with E-state index in [9.17, 15) is 19.5 Å². The predicted molar refractivity (Wildman–Crippen MR) is 168 cm³/mol. The smallest absolute Gasteiger partial charge is 0.343 e. The van der Waals surface area contributed by atoms with Crippen molar-refractivity contribution >= 4 is 69.4 Å². The fraction of sp³-hybridized carbons (Fsp3) is 0.333. The van der Waals surface area contributed by atoms with Gasteiger partial charge in [0.25, 0.3) is 0 Å². The molecular formula is C27H30I2N4O9. The van der Waals surface area contributed by atoms with Crippen LogP contribution in [0.4, 0.5) is 4.79 Å². The van der Waals surface area contributed by atoms with Gasteiger partial charge in [-0.25, -0.2) is 14.4 Å². The van der Waals surface area contributed by atoms with Crippen LogP contribution in [-0.2, 0) is 19.1 Å². The number of esters is 2. The molecule has 2 aromatic carbocycles. The van der Waals surface area contributed by atoms with Crippen LogP contribution in [0.1, 0.15) is 31.0 Å². The average molecular weight is 808 g/mol. The Morgan fingerprint density at radius 2 is 1.81 bits per heavy atom. The summed E-state index contributed by atoms with van der Waals surface area (Å²) in [5.74, 6) is 0.209. The Hall–Kier alpha value is -3.32. The van der Waals surface area contributed by atoms with Crippen LogP contribution in [0.5, 0.6) is 17.2 Å². The number of methoxy groups -OCH3 is 2. The Bertz CT molecular complexity index is 1360. The molecule has 15 heteroatoms. The van der Waals surface area contributed by atoms with Crippen LogP contribution in [0.15, 0.2) is 46.7 Å². The summed E-state index contributed by atoms with van der Waals surface area (Å²) in [5, 5.41) is 19.8. The number of nitrogens with zero attached hydrogens (tertiary/aromatic N) is 1. The summed E-state index contributed by atoms with van der Waals surface area (Å²) in [6, 6.07) is 7.38. The molecule has 1 aliphatic rings. The number of hydrogen-bond acceptors (Lipinski definition) is 11. The number of amides is 2. The molecule has 0 aliphatic carbocycles. The Kier molecular flexibility index (Phi) is 12.5. The van der Waals surface area contributed by atoms with Crippen molar-refractivity contribution in [2.75, 3.05) is 34.0 Å². The minimum atomic E-state index is -1.16. The molecule has 0 aromatic heterocycles. The first-order valence-electron chi connectivity index (χ1n) is 12.5. The second kappa shape index (κ2) is 15.8. The predicted octanol–water partition coefficient (Wildman–Crippen LogP) is 2.97. The third-order valence-corrected chi connectivity index (χ3v) is 7.29. The van der Waals surface area contributed by atoms with Crippen LogP contribution in [0.2, 0.25) is 0 Å². The molecule has 0 fully saturated rings. The van der Waals surface area contributed by atoms with Crippen molar-refractivity contribution in [2.45, 2.75) is 26.1 Å². The van der Waals surface area contributed by atoms with Gasteiger partial charge in [-0.3, -0.25) is 5.43 Å². The number of nitrogens with one attached hydrogen (secondary N) is 3. The first-order chi connectivity index (χ1) is 20.1. The number of carbonyl (C=O) groups is 3. The molecule has 0 saturated heterocycles. The molecule has 0 unspecified atom stereocenters. The van der Waals surface area contributed by atoms with Gasteiger partial charge in [-0.05, 0) is 94.4 Å². The number of aliphatic hydroxyl groups excluding tert-OH is 1. The van der Waals surface area contributed by atoms with Gasteiger partial charge in [0.05, 0.1) is 45.8 Å². The molecule has 42 heavy (non-hydrogen) atoms. The van der Waals surface area contributed by atoms with E-state index in [1.165, 1.54) is 20.4 Å². The van der Waals surface area contributed by atoms with E-state index in [0.29, 0.717) is 35.1 Å². The van der Waals surface area contributed by atoms with Gasteiger partial charge < -0.3 is 39.4 Å². The van der Waals surface area contributed by atoms with Gasteiger partial charge in [0.1, 0.15) is 12.4 Å². The maximum Gasteiger partial charge on any atom is 0.343 e. The monoisotopic (exact) mass is 808 g/mol. The molecule has 226 valence electrons. The van der Waals surface area contributed by atoms with Crippen molar-refractivity contribution in [3.05, 3.63) is 59.9 Å². The summed E-state index contributed by atoms with van der Waals surface area (Å²) in [6.45, 7) is 3.39. The highest BCUT2D eigenvalue weighted by molar-refractivity contribution is 14.1. The Labute approximate surface area is 269 Å². The number of allylic oxidation sites excluding steroid dienone is 1. The standard InChI is InChI=1S/C27H30I2N4O9/c1-5-40-20-10-16(24-23(26(36)39-4)14(2)31-27(37)32-24)6-7-19(20)41-12-21(34)33-30-11-15-8-17(28)25(18(29)9-15)42-13-22(35)38-3/h6-11,21,24,33-34H,5,12-13H2,1-4H3,(H2,31,32,37)/b30-11-/t21-,24-/m0/s1. The summed E-state index contributed by atoms with van der Waals surface area (Å²) in [4.78, 5) is 35.9. The van der Waals surface area contributed by atoms with Crippen LogP contribution >= 0.6 is 45.2 Å². The summed E-state index contributed by atoms with van der Waals surface area (Å²) in [6.07, 6.45) is 0.371. The van der Waals surface area contributed by atoms with Crippen LogP contribution < -0.4 is 30.3 Å². The lowest BCUT2D eigenvalue weighted by Crippen LogP contribution is -2.45. The summed E-state index contributed by atoms with van der Waals surface area (Å²) >= 11 is 4.19. The number of hydrogen-bond donors (Lipinski definition) is 4. The molecule has 2 atom stereocenters. The van der Waals surface area contributed by atoms with Crippen molar-refractivity contribution in [3.8, 4) is 17.2 Å². The van der Waals surface area contributed by atoms with E-state index in [1.807, 2.05) is 12.1 Å². The zero-order valence-electron chi connectivity index (χ0n) is 23.2. The molecule has 3 rings (SSSR count). The zero-order chi connectivity index (χ0) is 30.8. The highest BCUT2D eigenvalue weighted by Crippen LogP contribution is 2.35. The second-order valence-corrected chi connectivity index (χ2v) is 10.9. The Morgan fingerprint density at radius 1 is 1.10 bits per heavy atom. The summed E-state index contributed by atoms with van der Waals surface area (Å²) < 4.78 is 28.1. The van der Waals surface area contributed by atoms with Crippen molar-refractivity contribution < 1.29 is 43.2 Å². The van der Waals surface area contributed by atoms with Gasteiger partial charge >= 0.3 is 18.0 Å². The third-order valence-electron chi connectivity index (χ3n) is 5.69. The first-order valence-corrected chi connectivity index (χ1v) is 14.6. The molecule has 2 aromatic rings. The number of benzene rings is 2. The lowest BCUT2D eigenvalue weighted by molar-refractivity contribution is -0.143. The van der Waals surface area contributed by atoms with Crippen molar-refractivity contribution in [1.82, 2.24) is 16.1 Å². The van der Waals surface area contributed by atoms with Gasteiger partial charge in [-0.2, -0.15) is 5.10 Å². The number of ether oxygens (including phenoxy) is 5. The normalized spacial score (nSPS) is 15.4. The van der Waals surface area contributed by atoms with E-state index in [0.717, 1.165) is 12.7 Å². The van der Waals surface area contributed by atoms with Gasteiger partial charge in [0.15, 0.2) is 24.3 Å². The summed E-state index contributed by atoms with van der Waals surface area (Å²) in [7, 11) is 2.56. The Balaban J connectivity index is 1.65. The number of carbonyl (C=O) groups excluding carboxylic acids is 3. The van der Waals surface area contributed by atoms with Crippen LogP contribution in [-0.4, -0.2) is 69.6 Å². The maximum absolute atomic E-state index is 12.4. The molecule has 2 amide bonds. The number of urea groups is 1. The van der Waals surface area contributed by atoms with Gasteiger partial charge in [0, 0.05) is 5.70 Å². The quantitative estimate of drug-likeness (QED) is 0.0778. The zero-order valence-corrected chi connectivity index (χ0v) is 27.5. The van der Waals surface area contributed by atoms with Gasteiger partial charge in [-0.1, -0.05) is 6.07 Å². The fourth-order valence-electron chi connectivity index (χ4n) is 3.80. The van der Waals surface area contributed by atoms with Crippen LogP contribution in [0, 0.1) is 7.14 Å². The molecular weight excluding hydrogens is 778 g/mol. The first kappa shape index (κ1) is 33.2. The van der Waals surface area contributed by atoms with Crippen LogP contribution in [0.25, 0.3) is 0 Å². The second-order valence-electron chi connectivity index (χ2n) is 8.59. The average Bonchev–Trinajstić information content (AvgIpc) is 2.95. The molecule has 0 bridgehead atoms. The number of hydrazone groups is 1. The number of rotatable bonds is 13. The lowest BCUT2D eigenvalue weighted by atomic mass is 9.95. The Morgan fingerprint density at radius 3 is 2.45 bits per heavy atom. The molecule has 0 radical (unpaired) electrons. The minimum absolute atomic E-state index is 0.164. The minimum Gasteiger partial charge on any atom is -0.490 e.